The van der Waals surface area contributed by atoms with Crippen LogP contribution < -0.4 is 9.62 Å². The molecule has 2 amide bonds. The van der Waals surface area contributed by atoms with Crippen LogP contribution in [0.5, 0.6) is 0 Å². The molecule has 8 heteroatoms. The van der Waals surface area contributed by atoms with Crippen LogP contribution in [0.4, 0.5) is 5.69 Å². The number of anilines is 1. The average Bonchev–Trinajstić information content (AvgIpc) is 2.99. The van der Waals surface area contributed by atoms with E-state index in [4.69, 9.17) is 0 Å². The minimum Gasteiger partial charge on any atom is -0.355 e. The summed E-state index contributed by atoms with van der Waals surface area (Å²) >= 11 is 0. The molecule has 0 radical (unpaired) electrons. The predicted octanol–water partition coefficient (Wildman–Crippen LogP) is 4.66. The molecule has 4 aromatic carbocycles. The molecule has 40 heavy (non-hydrogen) atoms. The molecule has 0 aliphatic carbocycles. The third-order valence-corrected chi connectivity index (χ3v) is 8.26. The molecule has 4 aromatic rings. The number of likely N-dealkylation sites (N-methyl/N-ethyl adjacent to an activating group) is 1. The summed E-state index contributed by atoms with van der Waals surface area (Å²) in [6.45, 7) is 1.89. The molecule has 1 atom stereocenters. The highest BCUT2D eigenvalue weighted by molar-refractivity contribution is 7.92. The fraction of sp³-hybridized carbons (Fsp3) is 0.188. The lowest BCUT2D eigenvalue weighted by Gasteiger charge is -2.33. The standard InChI is InChI=1S/C32H33N3O4S/c1-2-33-32(37)30(23-26-15-7-3-8-16-26)34(24-27-17-9-4-10-18-27)31(36)25-35(28-19-11-5-12-20-28)40(38,39)29-21-13-6-14-22-29/h3-22,30H,2,23-25H2,1H3,(H,33,37)/t30-/m0/s1. The van der Waals surface area contributed by atoms with Crippen LogP contribution in [0.25, 0.3) is 0 Å². The van der Waals surface area contributed by atoms with Crippen molar-refractivity contribution in [3.8, 4) is 0 Å². The molecule has 0 aliphatic rings. The summed E-state index contributed by atoms with van der Waals surface area (Å²) in [5.74, 6) is -0.785. The highest BCUT2D eigenvalue weighted by Gasteiger charge is 2.34. The Labute approximate surface area is 236 Å². The van der Waals surface area contributed by atoms with Crippen LogP contribution in [0.3, 0.4) is 0 Å². The van der Waals surface area contributed by atoms with E-state index in [0.717, 1.165) is 15.4 Å². The van der Waals surface area contributed by atoms with Gasteiger partial charge in [-0.1, -0.05) is 97.1 Å². The monoisotopic (exact) mass is 555 g/mol. The fourth-order valence-electron chi connectivity index (χ4n) is 4.47. The summed E-state index contributed by atoms with van der Waals surface area (Å²) in [5.41, 5.74) is 2.08. The number of hydrogen-bond donors (Lipinski definition) is 1. The molecule has 0 bridgehead atoms. The van der Waals surface area contributed by atoms with Gasteiger partial charge in [-0.05, 0) is 42.3 Å². The number of carbonyl (C=O) groups excluding carboxylic acids is 2. The lowest BCUT2D eigenvalue weighted by molar-refractivity contribution is -0.140. The van der Waals surface area contributed by atoms with E-state index in [-0.39, 0.29) is 23.8 Å². The van der Waals surface area contributed by atoms with E-state index < -0.39 is 28.5 Å². The Morgan fingerprint density at radius 3 is 1.77 bits per heavy atom. The number of benzene rings is 4. The van der Waals surface area contributed by atoms with Crippen LogP contribution in [-0.4, -0.2) is 44.3 Å². The third kappa shape index (κ3) is 7.15. The summed E-state index contributed by atoms with van der Waals surface area (Å²) in [6.07, 6.45) is 0.280. The average molecular weight is 556 g/mol. The van der Waals surface area contributed by atoms with Crippen LogP contribution in [0.15, 0.2) is 126 Å². The predicted molar refractivity (Wildman–Crippen MR) is 157 cm³/mol. The number of nitrogens with zero attached hydrogens (tertiary/aromatic N) is 2. The van der Waals surface area contributed by atoms with Gasteiger partial charge in [0.15, 0.2) is 0 Å². The lowest BCUT2D eigenvalue weighted by atomic mass is 10.0. The first-order chi connectivity index (χ1) is 19.4. The SMILES string of the molecule is CCNC(=O)[C@H](Cc1ccccc1)N(Cc1ccccc1)C(=O)CN(c1ccccc1)S(=O)(=O)c1ccccc1. The van der Waals surface area contributed by atoms with Crippen molar-refractivity contribution in [3.63, 3.8) is 0 Å². The first kappa shape index (κ1) is 28.6. The van der Waals surface area contributed by atoms with Crippen LogP contribution in [0.2, 0.25) is 0 Å². The first-order valence-corrected chi connectivity index (χ1v) is 14.6. The second-order valence-corrected chi connectivity index (χ2v) is 11.1. The highest BCUT2D eigenvalue weighted by Crippen LogP contribution is 2.24. The van der Waals surface area contributed by atoms with Gasteiger partial charge in [-0.15, -0.1) is 0 Å². The molecule has 0 spiro atoms. The van der Waals surface area contributed by atoms with Gasteiger partial charge in [-0.2, -0.15) is 0 Å². The Kier molecular flexibility index (Phi) is 9.70. The molecule has 7 nitrogen and oxygen atoms in total. The number of amides is 2. The number of carbonyl (C=O) groups is 2. The topological polar surface area (TPSA) is 86.8 Å². The molecule has 0 aliphatic heterocycles. The Hall–Kier alpha value is -4.43. The molecule has 0 unspecified atom stereocenters. The molecule has 0 heterocycles. The van der Waals surface area contributed by atoms with E-state index in [1.54, 1.807) is 48.5 Å². The molecule has 206 valence electrons. The Bertz CT molecular complexity index is 1480. The quantitative estimate of drug-likeness (QED) is 0.276. The molecular weight excluding hydrogens is 522 g/mol. The van der Waals surface area contributed by atoms with Crippen molar-refractivity contribution in [2.45, 2.75) is 30.8 Å². The van der Waals surface area contributed by atoms with Gasteiger partial charge in [0.25, 0.3) is 10.0 Å². The summed E-state index contributed by atoms with van der Waals surface area (Å²) in [6, 6.07) is 34.6. The number of hydrogen-bond acceptors (Lipinski definition) is 4. The maximum Gasteiger partial charge on any atom is 0.264 e. The molecule has 1 N–H and O–H groups in total. The summed E-state index contributed by atoms with van der Waals surface area (Å²) in [4.78, 5) is 29.2. The maximum atomic E-state index is 14.2. The second-order valence-electron chi connectivity index (χ2n) is 9.27. The zero-order valence-corrected chi connectivity index (χ0v) is 23.2. The zero-order valence-electron chi connectivity index (χ0n) is 22.4. The van der Waals surface area contributed by atoms with Gasteiger partial charge in [0.2, 0.25) is 11.8 Å². The van der Waals surface area contributed by atoms with Gasteiger partial charge < -0.3 is 10.2 Å². The van der Waals surface area contributed by atoms with Gasteiger partial charge in [-0.25, -0.2) is 8.42 Å². The first-order valence-electron chi connectivity index (χ1n) is 13.2. The van der Waals surface area contributed by atoms with Crippen LogP contribution in [-0.2, 0) is 32.6 Å². The van der Waals surface area contributed by atoms with Crippen LogP contribution in [0, 0.1) is 0 Å². The summed E-state index contributed by atoms with van der Waals surface area (Å²) in [7, 11) is -4.09. The van der Waals surface area contributed by atoms with E-state index in [1.165, 1.54) is 17.0 Å². The minimum atomic E-state index is -4.09. The van der Waals surface area contributed by atoms with E-state index in [0.29, 0.717) is 12.2 Å². The van der Waals surface area contributed by atoms with Gasteiger partial charge in [0.05, 0.1) is 10.6 Å². The van der Waals surface area contributed by atoms with Crippen molar-refractivity contribution in [3.05, 3.63) is 132 Å². The number of para-hydroxylation sites is 1. The van der Waals surface area contributed by atoms with Crippen molar-refractivity contribution in [2.75, 3.05) is 17.4 Å². The molecule has 0 saturated heterocycles. The number of rotatable bonds is 12. The van der Waals surface area contributed by atoms with E-state index in [1.807, 2.05) is 67.6 Å². The Morgan fingerprint density at radius 2 is 1.23 bits per heavy atom. The van der Waals surface area contributed by atoms with Gasteiger partial charge in [0, 0.05) is 19.5 Å². The van der Waals surface area contributed by atoms with Crippen molar-refractivity contribution >= 4 is 27.5 Å². The third-order valence-electron chi connectivity index (χ3n) is 6.47. The van der Waals surface area contributed by atoms with Crippen LogP contribution >= 0.6 is 0 Å². The van der Waals surface area contributed by atoms with Crippen molar-refractivity contribution < 1.29 is 18.0 Å². The Balaban J connectivity index is 1.76. The fourth-order valence-corrected chi connectivity index (χ4v) is 5.90. The molecule has 0 aromatic heterocycles. The van der Waals surface area contributed by atoms with Crippen LogP contribution in [0.1, 0.15) is 18.1 Å². The van der Waals surface area contributed by atoms with Crippen molar-refractivity contribution in [2.24, 2.45) is 0 Å². The van der Waals surface area contributed by atoms with E-state index in [2.05, 4.69) is 5.32 Å². The molecule has 0 fully saturated rings. The van der Waals surface area contributed by atoms with Gasteiger partial charge >= 0.3 is 0 Å². The molecular formula is C32H33N3O4S. The summed E-state index contributed by atoms with van der Waals surface area (Å²) in [5, 5.41) is 2.86. The molecule has 4 rings (SSSR count). The zero-order chi connectivity index (χ0) is 28.4. The minimum absolute atomic E-state index is 0.0748. The Morgan fingerprint density at radius 1 is 0.725 bits per heavy atom. The smallest absolute Gasteiger partial charge is 0.264 e. The second kappa shape index (κ2) is 13.6. The molecule has 0 saturated carbocycles. The number of sulfonamides is 1. The summed E-state index contributed by atoms with van der Waals surface area (Å²) < 4.78 is 28.8. The van der Waals surface area contributed by atoms with Crippen molar-refractivity contribution in [1.29, 1.82) is 0 Å². The largest absolute Gasteiger partial charge is 0.355 e. The lowest BCUT2D eigenvalue weighted by Crippen LogP contribution is -2.53. The van der Waals surface area contributed by atoms with E-state index in [9.17, 15) is 18.0 Å². The van der Waals surface area contributed by atoms with Gasteiger partial charge in [0.1, 0.15) is 12.6 Å². The highest BCUT2D eigenvalue weighted by atomic mass is 32.2. The van der Waals surface area contributed by atoms with Crippen molar-refractivity contribution in [1.82, 2.24) is 10.2 Å². The number of nitrogens with one attached hydrogen (secondary N) is 1. The maximum absolute atomic E-state index is 14.2. The normalized spacial score (nSPS) is 11.8. The van der Waals surface area contributed by atoms with E-state index >= 15 is 0 Å². The van der Waals surface area contributed by atoms with Gasteiger partial charge in [-0.3, -0.25) is 13.9 Å².